The number of carbonyl (C=O) groups is 1. The maximum Gasteiger partial charge on any atom is 0.234 e. The SMILES string of the molecule is CC(C)C1CNC(=O)CN1C1CCNC1. The minimum Gasteiger partial charge on any atom is -0.353 e. The summed E-state index contributed by atoms with van der Waals surface area (Å²) in [6.07, 6.45) is 1.18. The van der Waals surface area contributed by atoms with Gasteiger partial charge in [-0.3, -0.25) is 9.69 Å². The lowest BCUT2D eigenvalue weighted by atomic mass is 9.98. The Kier molecular flexibility index (Phi) is 3.26. The van der Waals surface area contributed by atoms with Crippen molar-refractivity contribution in [2.75, 3.05) is 26.2 Å². The Morgan fingerprint density at radius 3 is 2.80 bits per heavy atom. The van der Waals surface area contributed by atoms with Crippen molar-refractivity contribution >= 4 is 5.91 Å². The van der Waals surface area contributed by atoms with Crippen molar-refractivity contribution in [3.63, 3.8) is 0 Å². The molecule has 2 aliphatic rings. The summed E-state index contributed by atoms with van der Waals surface area (Å²) in [5.74, 6) is 0.782. The molecule has 0 aromatic carbocycles. The number of hydrogen-bond acceptors (Lipinski definition) is 3. The lowest BCUT2D eigenvalue weighted by molar-refractivity contribution is -0.127. The highest BCUT2D eigenvalue weighted by molar-refractivity contribution is 5.79. The van der Waals surface area contributed by atoms with Gasteiger partial charge in [-0.05, 0) is 18.9 Å². The Balaban J connectivity index is 2.05. The number of nitrogens with one attached hydrogen (secondary N) is 2. The zero-order valence-corrected chi connectivity index (χ0v) is 9.62. The fourth-order valence-electron chi connectivity index (χ4n) is 2.62. The second-order valence-corrected chi connectivity index (χ2v) is 4.93. The van der Waals surface area contributed by atoms with Crippen LogP contribution in [0.1, 0.15) is 20.3 Å². The average molecular weight is 211 g/mol. The highest BCUT2D eigenvalue weighted by Gasteiger charge is 2.34. The van der Waals surface area contributed by atoms with Crippen molar-refractivity contribution in [1.29, 1.82) is 0 Å². The van der Waals surface area contributed by atoms with E-state index in [1.54, 1.807) is 0 Å². The van der Waals surface area contributed by atoms with Crippen LogP contribution >= 0.6 is 0 Å². The molecule has 86 valence electrons. The van der Waals surface area contributed by atoms with Crippen molar-refractivity contribution in [1.82, 2.24) is 15.5 Å². The van der Waals surface area contributed by atoms with Crippen LogP contribution in [0.3, 0.4) is 0 Å². The maximum atomic E-state index is 11.4. The van der Waals surface area contributed by atoms with Crippen molar-refractivity contribution in [3.8, 4) is 0 Å². The van der Waals surface area contributed by atoms with Crippen LogP contribution in [0.4, 0.5) is 0 Å². The molecule has 0 aromatic rings. The molecule has 1 amide bonds. The quantitative estimate of drug-likeness (QED) is 0.665. The molecule has 2 N–H and O–H groups in total. The van der Waals surface area contributed by atoms with Gasteiger partial charge in [-0.15, -0.1) is 0 Å². The van der Waals surface area contributed by atoms with E-state index in [9.17, 15) is 4.79 Å². The second-order valence-electron chi connectivity index (χ2n) is 4.93. The Hall–Kier alpha value is -0.610. The molecule has 0 aliphatic carbocycles. The first-order valence-electron chi connectivity index (χ1n) is 5.91. The van der Waals surface area contributed by atoms with Gasteiger partial charge in [0.05, 0.1) is 6.54 Å². The maximum absolute atomic E-state index is 11.4. The van der Waals surface area contributed by atoms with E-state index in [1.807, 2.05) is 0 Å². The summed E-state index contributed by atoms with van der Waals surface area (Å²) < 4.78 is 0. The summed E-state index contributed by atoms with van der Waals surface area (Å²) in [5, 5.41) is 6.34. The number of amides is 1. The van der Waals surface area contributed by atoms with Crippen LogP contribution in [-0.2, 0) is 4.79 Å². The first kappa shape index (κ1) is 10.9. The largest absolute Gasteiger partial charge is 0.353 e. The molecule has 0 radical (unpaired) electrons. The molecule has 4 nitrogen and oxygen atoms in total. The average Bonchev–Trinajstić information content (AvgIpc) is 2.69. The number of hydrogen-bond donors (Lipinski definition) is 2. The molecule has 2 saturated heterocycles. The fraction of sp³-hybridized carbons (Fsp3) is 0.909. The first-order chi connectivity index (χ1) is 7.18. The van der Waals surface area contributed by atoms with Gasteiger partial charge < -0.3 is 10.6 Å². The summed E-state index contributed by atoms with van der Waals surface area (Å²) >= 11 is 0. The molecule has 4 heteroatoms. The fourth-order valence-corrected chi connectivity index (χ4v) is 2.62. The van der Waals surface area contributed by atoms with Crippen LogP contribution in [0.5, 0.6) is 0 Å². The zero-order valence-electron chi connectivity index (χ0n) is 9.62. The minimum absolute atomic E-state index is 0.179. The van der Waals surface area contributed by atoms with Gasteiger partial charge in [0.25, 0.3) is 0 Å². The molecule has 0 spiro atoms. The highest BCUT2D eigenvalue weighted by Crippen LogP contribution is 2.19. The van der Waals surface area contributed by atoms with E-state index in [1.165, 1.54) is 6.42 Å². The molecule has 2 heterocycles. The summed E-state index contributed by atoms with van der Waals surface area (Å²) in [4.78, 5) is 13.8. The number of rotatable bonds is 2. The monoisotopic (exact) mass is 211 g/mol. The second kappa shape index (κ2) is 4.49. The Morgan fingerprint density at radius 2 is 2.20 bits per heavy atom. The molecule has 2 fully saturated rings. The highest BCUT2D eigenvalue weighted by atomic mass is 16.2. The van der Waals surface area contributed by atoms with E-state index in [2.05, 4.69) is 29.4 Å². The van der Waals surface area contributed by atoms with Crippen molar-refractivity contribution in [2.24, 2.45) is 5.92 Å². The van der Waals surface area contributed by atoms with Crippen LogP contribution < -0.4 is 10.6 Å². The van der Waals surface area contributed by atoms with Gasteiger partial charge in [0.15, 0.2) is 0 Å². The summed E-state index contributed by atoms with van der Waals surface area (Å²) in [5.41, 5.74) is 0. The molecule has 0 aromatic heterocycles. The van der Waals surface area contributed by atoms with Gasteiger partial charge >= 0.3 is 0 Å². The number of nitrogens with zero attached hydrogens (tertiary/aromatic N) is 1. The van der Waals surface area contributed by atoms with Crippen LogP contribution in [0.15, 0.2) is 0 Å². The number of piperazine rings is 1. The molecule has 2 aliphatic heterocycles. The molecular formula is C11H21N3O. The zero-order chi connectivity index (χ0) is 10.8. The van der Waals surface area contributed by atoms with Gasteiger partial charge in [-0.25, -0.2) is 0 Å². The van der Waals surface area contributed by atoms with Gasteiger partial charge in [-0.2, -0.15) is 0 Å². The summed E-state index contributed by atoms with van der Waals surface area (Å²) in [6, 6.07) is 1.07. The molecular weight excluding hydrogens is 190 g/mol. The summed E-state index contributed by atoms with van der Waals surface area (Å²) in [7, 11) is 0. The van der Waals surface area contributed by atoms with E-state index >= 15 is 0 Å². The van der Waals surface area contributed by atoms with Crippen molar-refractivity contribution in [3.05, 3.63) is 0 Å². The minimum atomic E-state index is 0.179. The Bertz CT molecular complexity index is 236. The first-order valence-corrected chi connectivity index (χ1v) is 5.91. The smallest absolute Gasteiger partial charge is 0.234 e. The van der Waals surface area contributed by atoms with Gasteiger partial charge in [0, 0.05) is 25.2 Å². The predicted molar refractivity (Wildman–Crippen MR) is 59.6 cm³/mol. The van der Waals surface area contributed by atoms with E-state index < -0.39 is 0 Å². The standard InChI is InChI=1S/C11H21N3O/c1-8(2)10-6-13-11(15)7-14(10)9-3-4-12-5-9/h8-10,12H,3-7H2,1-2H3,(H,13,15). The van der Waals surface area contributed by atoms with Crippen LogP contribution in [0.2, 0.25) is 0 Å². The molecule has 2 unspecified atom stereocenters. The van der Waals surface area contributed by atoms with Crippen molar-refractivity contribution < 1.29 is 4.79 Å². The molecule has 2 rings (SSSR count). The van der Waals surface area contributed by atoms with Gasteiger partial charge in [-0.1, -0.05) is 13.8 Å². The third kappa shape index (κ3) is 2.32. The van der Waals surface area contributed by atoms with E-state index in [-0.39, 0.29) is 5.91 Å². The van der Waals surface area contributed by atoms with Crippen LogP contribution in [0.25, 0.3) is 0 Å². The molecule has 2 atom stereocenters. The lowest BCUT2D eigenvalue weighted by Gasteiger charge is -2.41. The normalized spacial score (nSPS) is 33.4. The van der Waals surface area contributed by atoms with Crippen LogP contribution in [0, 0.1) is 5.92 Å². The predicted octanol–water partition coefficient (Wildman–Crippen LogP) is -0.195. The lowest BCUT2D eigenvalue weighted by Crippen LogP contribution is -2.59. The van der Waals surface area contributed by atoms with Crippen molar-refractivity contribution in [2.45, 2.75) is 32.4 Å². The Morgan fingerprint density at radius 1 is 1.40 bits per heavy atom. The molecule has 15 heavy (non-hydrogen) atoms. The van der Waals surface area contributed by atoms with E-state index in [0.717, 1.165) is 19.6 Å². The third-order valence-corrected chi connectivity index (χ3v) is 3.53. The molecule has 0 bridgehead atoms. The van der Waals surface area contributed by atoms with Crippen LogP contribution in [-0.4, -0.2) is 49.1 Å². The number of carbonyl (C=O) groups excluding carboxylic acids is 1. The van der Waals surface area contributed by atoms with E-state index in [0.29, 0.717) is 24.5 Å². The van der Waals surface area contributed by atoms with Gasteiger partial charge in [0.2, 0.25) is 5.91 Å². The third-order valence-electron chi connectivity index (χ3n) is 3.53. The molecule has 0 saturated carbocycles. The topological polar surface area (TPSA) is 44.4 Å². The summed E-state index contributed by atoms with van der Waals surface area (Å²) in [6.45, 7) is 7.99. The van der Waals surface area contributed by atoms with Gasteiger partial charge in [0.1, 0.15) is 0 Å². The Labute approximate surface area is 91.4 Å². The van der Waals surface area contributed by atoms with E-state index in [4.69, 9.17) is 0 Å².